The van der Waals surface area contributed by atoms with Crippen LogP contribution in [0, 0.1) is 5.92 Å². The van der Waals surface area contributed by atoms with Gasteiger partial charge < -0.3 is 15.8 Å². The molecule has 0 radical (unpaired) electrons. The molecule has 0 heterocycles. The molecule has 110 valence electrons. The molecule has 1 aliphatic carbocycles. The third-order valence-electron chi connectivity index (χ3n) is 3.70. The fraction of sp³-hybridized carbons (Fsp3) is 0.533. The lowest BCUT2D eigenvalue weighted by Crippen LogP contribution is -2.29. The van der Waals surface area contributed by atoms with E-state index in [1.165, 1.54) is 25.7 Å². The van der Waals surface area contributed by atoms with Crippen molar-refractivity contribution in [3.63, 3.8) is 0 Å². The topological polar surface area (TPSA) is 64.3 Å². The molecule has 1 fully saturated rings. The molecule has 1 aromatic rings. The minimum Gasteiger partial charge on any atom is -0.397 e. The fourth-order valence-corrected chi connectivity index (χ4v) is 2.60. The number of hydrogen-bond acceptors (Lipinski definition) is 3. The van der Waals surface area contributed by atoms with Crippen LogP contribution in [0.1, 0.15) is 32.6 Å². The van der Waals surface area contributed by atoms with Gasteiger partial charge >= 0.3 is 0 Å². The van der Waals surface area contributed by atoms with Crippen molar-refractivity contribution >= 4 is 28.9 Å². The fourth-order valence-electron chi connectivity index (χ4n) is 2.41. The van der Waals surface area contributed by atoms with E-state index in [1.807, 2.05) is 0 Å². The molecule has 20 heavy (non-hydrogen) atoms. The van der Waals surface area contributed by atoms with E-state index >= 15 is 0 Å². The van der Waals surface area contributed by atoms with Gasteiger partial charge in [0.1, 0.15) is 6.10 Å². The van der Waals surface area contributed by atoms with Gasteiger partial charge in [-0.1, -0.05) is 24.4 Å². The lowest BCUT2D eigenvalue weighted by atomic mass is 10.1. The summed E-state index contributed by atoms with van der Waals surface area (Å²) in [5.41, 5.74) is 6.82. The molecule has 1 atom stereocenters. The average Bonchev–Trinajstić information content (AvgIpc) is 2.92. The lowest BCUT2D eigenvalue weighted by molar-refractivity contribution is -0.127. The SMILES string of the molecule is CC(OCC1CCCC1)C(=O)Nc1ccc(Cl)cc1N. The standard InChI is InChI=1S/C15H21ClN2O2/c1-10(20-9-11-4-2-3-5-11)15(19)18-14-7-6-12(16)8-13(14)17/h6-8,10-11H,2-5,9,17H2,1H3,(H,18,19). The Morgan fingerprint density at radius 1 is 1.50 bits per heavy atom. The minimum atomic E-state index is -0.481. The number of rotatable bonds is 5. The normalized spacial score (nSPS) is 17.1. The van der Waals surface area contributed by atoms with Gasteiger partial charge in [0.05, 0.1) is 18.0 Å². The molecule has 1 amide bonds. The molecule has 1 aromatic carbocycles. The molecular weight excluding hydrogens is 276 g/mol. The van der Waals surface area contributed by atoms with Crippen LogP contribution in [0.3, 0.4) is 0 Å². The van der Waals surface area contributed by atoms with Crippen LogP contribution in [-0.4, -0.2) is 18.6 Å². The molecular formula is C15H21ClN2O2. The summed E-state index contributed by atoms with van der Waals surface area (Å²) in [6.45, 7) is 2.42. The molecule has 1 unspecified atom stereocenters. The van der Waals surface area contributed by atoms with Gasteiger partial charge in [0, 0.05) is 5.02 Å². The zero-order chi connectivity index (χ0) is 14.5. The predicted octanol–water partition coefficient (Wildman–Crippen LogP) is 3.46. The van der Waals surface area contributed by atoms with Gasteiger partial charge in [0.2, 0.25) is 0 Å². The van der Waals surface area contributed by atoms with E-state index in [4.69, 9.17) is 22.1 Å². The van der Waals surface area contributed by atoms with Gasteiger partial charge in [-0.05, 0) is 43.9 Å². The number of benzene rings is 1. The molecule has 3 N–H and O–H groups in total. The van der Waals surface area contributed by atoms with Crippen molar-refractivity contribution in [1.82, 2.24) is 0 Å². The molecule has 0 bridgehead atoms. The van der Waals surface area contributed by atoms with Gasteiger partial charge in [0.15, 0.2) is 0 Å². The van der Waals surface area contributed by atoms with Crippen LogP contribution in [0.2, 0.25) is 5.02 Å². The van der Waals surface area contributed by atoms with E-state index in [-0.39, 0.29) is 5.91 Å². The molecule has 0 saturated heterocycles. The Morgan fingerprint density at radius 2 is 2.20 bits per heavy atom. The highest BCUT2D eigenvalue weighted by Gasteiger charge is 2.19. The maximum atomic E-state index is 12.0. The first kappa shape index (κ1) is 15.1. The van der Waals surface area contributed by atoms with Crippen LogP contribution >= 0.6 is 11.6 Å². The number of halogens is 1. The minimum absolute atomic E-state index is 0.183. The van der Waals surface area contributed by atoms with Crippen LogP contribution in [0.5, 0.6) is 0 Å². The highest BCUT2D eigenvalue weighted by molar-refractivity contribution is 6.31. The number of anilines is 2. The van der Waals surface area contributed by atoms with E-state index in [1.54, 1.807) is 25.1 Å². The number of nitrogens with one attached hydrogen (secondary N) is 1. The first-order valence-electron chi connectivity index (χ1n) is 7.03. The Bertz CT molecular complexity index is 473. The Balaban J connectivity index is 1.83. The number of amides is 1. The second kappa shape index (κ2) is 6.95. The summed E-state index contributed by atoms with van der Waals surface area (Å²) in [5, 5.41) is 3.31. The summed E-state index contributed by atoms with van der Waals surface area (Å²) >= 11 is 5.82. The van der Waals surface area contributed by atoms with Crippen molar-refractivity contribution in [2.75, 3.05) is 17.7 Å². The monoisotopic (exact) mass is 296 g/mol. The van der Waals surface area contributed by atoms with Crippen molar-refractivity contribution in [3.05, 3.63) is 23.2 Å². The highest BCUT2D eigenvalue weighted by atomic mass is 35.5. The Hall–Kier alpha value is -1.26. The number of carbonyl (C=O) groups is 1. The number of carbonyl (C=O) groups excluding carboxylic acids is 1. The van der Waals surface area contributed by atoms with E-state index in [0.717, 1.165) is 0 Å². The van der Waals surface area contributed by atoms with E-state index in [2.05, 4.69) is 5.32 Å². The first-order valence-corrected chi connectivity index (χ1v) is 7.41. The van der Waals surface area contributed by atoms with Crippen LogP contribution < -0.4 is 11.1 Å². The van der Waals surface area contributed by atoms with Gasteiger partial charge in [0.25, 0.3) is 5.91 Å². The summed E-state index contributed by atoms with van der Waals surface area (Å²) in [5.74, 6) is 0.419. The largest absolute Gasteiger partial charge is 0.397 e. The van der Waals surface area contributed by atoms with E-state index in [9.17, 15) is 4.79 Å². The molecule has 0 aliphatic heterocycles. The summed E-state index contributed by atoms with van der Waals surface area (Å²) in [6, 6.07) is 5.00. The van der Waals surface area contributed by atoms with Crippen LogP contribution in [0.25, 0.3) is 0 Å². The van der Waals surface area contributed by atoms with Crippen molar-refractivity contribution < 1.29 is 9.53 Å². The smallest absolute Gasteiger partial charge is 0.253 e. The third kappa shape index (κ3) is 4.12. The Morgan fingerprint density at radius 3 is 2.85 bits per heavy atom. The summed E-state index contributed by atoms with van der Waals surface area (Å²) in [7, 11) is 0. The quantitative estimate of drug-likeness (QED) is 0.818. The van der Waals surface area contributed by atoms with Crippen molar-refractivity contribution in [1.29, 1.82) is 0 Å². The van der Waals surface area contributed by atoms with Gasteiger partial charge in [-0.3, -0.25) is 4.79 Å². The van der Waals surface area contributed by atoms with Gasteiger partial charge in [-0.15, -0.1) is 0 Å². The molecule has 0 spiro atoms. The van der Waals surface area contributed by atoms with Crippen molar-refractivity contribution in [2.45, 2.75) is 38.7 Å². The van der Waals surface area contributed by atoms with Crippen molar-refractivity contribution in [2.24, 2.45) is 5.92 Å². The predicted molar refractivity (Wildman–Crippen MR) is 81.9 cm³/mol. The second-order valence-electron chi connectivity index (χ2n) is 5.35. The first-order chi connectivity index (χ1) is 9.56. The zero-order valence-electron chi connectivity index (χ0n) is 11.7. The van der Waals surface area contributed by atoms with Crippen LogP contribution in [0.15, 0.2) is 18.2 Å². The maximum absolute atomic E-state index is 12.0. The van der Waals surface area contributed by atoms with Crippen molar-refractivity contribution in [3.8, 4) is 0 Å². The second-order valence-corrected chi connectivity index (χ2v) is 5.78. The number of ether oxygens (including phenoxy) is 1. The molecule has 1 saturated carbocycles. The number of nitrogen functional groups attached to an aromatic ring is 1. The van der Waals surface area contributed by atoms with Crippen LogP contribution in [-0.2, 0) is 9.53 Å². The summed E-state index contributed by atoms with van der Waals surface area (Å²) < 4.78 is 5.64. The summed E-state index contributed by atoms with van der Waals surface area (Å²) in [6.07, 6.45) is 4.48. The van der Waals surface area contributed by atoms with Crippen LogP contribution in [0.4, 0.5) is 11.4 Å². The highest BCUT2D eigenvalue weighted by Crippen LogP contribution is 2.25. The molecule has 2 rings (SSSR count). The van der Waals surface area contributed by atoms with E-state index < -0.39 is 6.10 Å². The van der Waals surface area contributed by atoms with E-state index in [0.29, 0.717) is 28.9 Å². The Kier molecular flexibility index (Phi) is 5.26. The maximum Gasteiger partial charge on any atom is 0.253 e. The zero-order valence-corrected chi connectivity index (χ0v) is 12.5. The molecule has 1 aliphatic rings. The Labute approximate surface area is 124 Å². The molecule has 4 nitrogen and oxygen atoms in total. The number of hydrogen-bond donors (Lipinski definition) is 2. The third-order valence-corrected chi connectivity index (χ3v) is 3.93. The molecule has 5 heteroatoms. The summed E-state index contributed by atoms with van der Waals surface area (Å²) in [4.78, 5) is 12.0. The number of nitrogens with two attached hydrogens (primary N) is 1. The van der Waals surface area contributed by atoms with Gasteiger partial charge in [-0.2, -0.15) is 0 Å². The van der Waals surface area contributed by atoms with Gasteiger partial charge in [-0.25, -0.2) is 0 Å². The molecule has 0 aromatic heterocycles. The average molecular weight is 297 g/mol. The lowest BCUT2D eigenvalue weighted by Gasteiger charge is -2.17.